The molecule has 1 aromatic rings. The number of aromatic nitrogens is 2. The molecule has 0 bridgehead atoms. The van der Waals surface area contributed by atoms with E-state index in [2.05, 4.69) is 28.8 Å². The molecule has 0 aliphatic carbocycles. The number of amides is 1. The Hall–Kier alpha value is -1.50. The molecule has 1 aromatic heterocycles. The first-order chi connectivity index (χ1) is 11.5. The minimum atomic E-state index is 0.256. The average molecular weight is 350 g/mol. The highest BCUT2D eigenvalue weighted by Gasteiger charge is 2.26. The van der Waals surface area contributed by atoms with E-state index in [0.29, 0.717) is 11.7 Å². The summed E-state index contributed by atoms with van der Waals surface area (Å²) in [5.74, 6) is 0.256. The molecule has 3 rings (SSSR count). The summed E-state index contributed by atoms with van der Waals surface area (Å²) in [5.41, 5.74) is 3.42. The van der Waals surface area contributed by atoms with Gasteiger partial charge in [0.1, 0.15) is 0 Å². The molecular weight excluding hydrogens is 322 g/mol. The molecule has 0 radical (unpaired) electrons. The van der Waals surface area contributed by atoms with E-state index in [1.807, 2.05) is 35.3 Å². The summed E-state index contributed by atoms with van der Waals surface area (Å²) < 4.78 is 1.90. The van der Waals surface area contributed by atoms with Crippen LogP contribution in [0.1, 0.15) is 30.3 Å². The number of carbonyl (C=O) groups excluding carboxylic acids is 1. The lowest BCUT2D eigenvalue weighted by Gasteiger charge is -2.35. The molecule has 0 spiro atoms. The predicted octanol–water partition coefficient (Wildman–Crippen LogP) is 1.61. The first-order valence-electron chi connectivity index (χ1n) is 8.68. The van der Waals surface area contributed by atoms with Gasteiger partial charge in [0, 0.05) is 50.6 Å². The molecule has 1 amide bonds. The molecule has 132 valence electrons. The van der Waals surface area contributed by atoms with Crippen molar-refractivity contribution in [2.75, 3.05) is 32.7 Å². The highest BCUT2D eigenvalue weighted by Crippen LogP contribution is 2.24. The summed E-state index contributed by atoms with van der Waals surface area (Å²) in [6, 6.07) is 0. The Balaban J connectivity index is 1.49. The standard InChI is InChI=1S/C17H27N5OS/c1-12-11-18-17(24-12)22-9-7-21(8-10-22)16(23)6-5-15-13(2)19-20(4)14(15)3/h12H,5-11H2,1-4H3. The van der Waals surface area contributed by atoms with E-state index in [9.17, 15) is 4.79 Å². The number of nitrogens with zero attached hydrogens (tertiary/aromatic N) is 5. The van der Waals surface area contributed by atoms with Crippen LogP contribution in [0.2, 0.25) is 0 Å². The maximum atomic E-state index is 12.5. The third kappa shape index (κ3) is 3.61. The van der Waals surface area contributed by atoms with Crippen LogP contribution in [0.4, 0.5) is 0 Å². The van der Waals surface area contributed by atoms with E-state index in [1.54, 1.807) is 0 Å². The topological polar surface area (TPSA) is 53.7 Å². The average Bonchev–Trinajstić information content (AvgIpc) is 3.10. The van der Waals surface area contributed by atoms with Crippen molar-refractivity contribution in [2.45, 2.75) is 38.9 Å². The van der Waals surface area contributed by atoms with Crippen molar-refractivity contribution in [2.24, 2.45) is 12.0 Å². The quantitative estimate of drug-likeness (QED) is 0.832. The van der Waals surface area contributed by atoms with Gasteiger partial charge < -0.3 is 9.80 Å². The lowest BCUT2D eigenvalue weighted by molar-refractivity contribution is -0.132. The number of carbonyl (C=O) groups is 1. The molecule has 24 heavy (non-hydrogen) atoms. The van der Waals surface area contributed by atoms with Gasteiger partial charge in [-0.1, -0.05) is 18.7 Å². The maximum absolute atomic E-state index is 12.5. The van der Waals surface area contributed by atoms with Crippen LogP contribution >= 0.6 is 11.8 Å². The molecule has 3 heterocycles. The van der Waals surface area contributed by atoms with Gasteiger partial charge in [-0.15, -0.1) is 0 Å². The number of amidine groups is 1. The van der Waals surface area contributed by atoms with Gasteiger partial charge in [-0.25, -0.2) is 0 Å². The Morgan fingerprint density at radius 2 is 1.96 bits per heavy atom. The number of aliphatic imine (C=N–C) groups is 1. The highest BCUT2D eigenvalue weighted by atomic mass is 32.2. The van der Waals surface area contributed by atoms with Crippen LogP contribution in [-0.4, -0.2) is 68.6 Å². The number of thioether (sulfide) groups is 1. The SMILES string of the molecule is Cc1nn(C)c(C)c1CCC(=O)N1CCN(C2=NCC(C)S2)CC1. The Labute approximate surface area is 148 Å². The fraction of sp³-hybridized carbons (Fsp3) is 0.706. The molecule has 2 aliphatic rings. The molecule has 7 heteroatoms. The van der Waals surface area contributed by atoms with Gasteiger partial charge in [-0.2, -0.15) is 5.10 Å². The lowest BCUT2D eigenvalue weighted by atomic mass is 10.1. The van der Waals surface area contributed by atoms with Gasteiger partial charge in [-0.05, 0) is 25.8 Å². The van der Waals surface area contributed by atoms with E-state index < -0.39 is 0 Å². The molecule has 1 saturated heterocycles. The van der Waals surface area contributed by atoms with E-state index >= 15 is 0 Å². The summed E-state index contributed by atoms with van der Waals surface area (Å²) in [4.78, 5) is 21.5. The second kappa shape index (κ2) is 7.17. The minimum Gasteiger partial charge on any atom is -0.348 e. The molecule has 1 unspecified atom stereocenters. The van der Waals surface area contributed by atoms with Crippen molar-refractivity contribution in [3.05, 3.63) is 17.0 Å². The van der Waals surface area contributed by atoms with Gasteiger partial charge in [-0.3, -0.25) is 14.5 Å². The lowest BCUT2D eigenvalue weighted by Crippen LogP contribution is -2.49. The Kier molecular flexibility index (Phi) is 5.18. The van der Waals surface area contributed by atoms with Gasteiger partial charge in [0.2, 0.25) is 5.91 Å². The molecule has 1 fully saturated rings. The van der Waals surface area contributed by atoms with Crippen LogP contribution in [0.15, 0.2) is 4.99 Å². The molecule has 6 nitrogen and oxygen atoms in total. The molecular formula is C17H27N5OS. The zero-order valence-electron chi connectivity index (χ0n) is 15.1. The molecule has 0 saturated carbocycles. The Morgan fingerprint density at radius 3 is 2.50 bits per heavy atom. The summed E-state index contributed by atoms with van der Waals surface area (Å²) in [5, 5.41) is 6.18. The van der Waals surface area contributed by atoms with Crippen LogP contribution in [-0.2, 0) is 18.3 Å². The van der Waals surface area contributed by atoms with Crippen molar-refractivity contribution < 1.29 is 4.79 Å². The first-order valence-corrected chi connectivity index (χ1v) is 9.56. The van der Waals surface area contributed by atoms with Crippen LogP contribution < -0.4 is 0 Å². The van der Waals surface area contributed by atoms with Crippen LogP contribution in [0.25, 0.3) is 0 Å². The molecule has 0 N–H and O–H groups in total. The fourth-order valence-electron chi connectivity index (χ4n) is 3.35. The van der Waals surface area contributed by atoms with Crippen molar-refractivity contribution in [1.29, 1.82) is 0 Å². The second-order valence-electron chi connectivity index (χ2n) is 6.69. The number of aryl methyl sites for hydroxylation is 2. The minimum absolute atomic E-state index is 0.256. The molecule has 0 aromatic carbocycles. The number of hydrogen-bond acceptors (Lipinski definition) is 5. The summed E-state index contributed by atoms with van der Waals surface area (Å²) in [6.07, 6.45) is 1.35. The third-order valence-electron chi connectivity index (χ3n) is 4.94. The summed E-state index contributed by atoms with van der Waals surface area (Å²) in [7, 11) is 1.96. The van der Waals surface area contributed by atoms with Gasteiger partial charge in [0.15, 0.2) is 5.17 Å². The van der Waals surface area contributed by atoms with Crippen molar-refractivity contribution in [3.8, 4) is 0 Å². The zero-order valence-corrected chi connectivity index (χ0v) is 15.9. The normalized spacial score (nSPS) is 21.3. The maximum Gasteiger partial charge on any atom is 0.223 e. The Bertz CT molecular complexity index is 646. The van der Waals surface area contributed by atoms with E-state index in [-0.39, 0.29) is 5.91 Å². The van der Waals surface area contributed by atoms with E-state index in [4.69, 9.17) is 0 Å². The highest BCUT2D eigenvalue weighted by molar-refractivity contribution is 8.14. The van der Waals surface area contributed by atoms with Crippen molar-refractivity contribution >= 4 is 22.8 Å². The molecule has 2 aliphatic heterocycles. The van der Waals surface area contributed by atoms with Crippen LogP contribution in [0.5, 0.6) is 0 Å². The third-order valence-corrected chi connectivity index (χ3v) is 6.09. The zero-order chi connectivity index (χ0) is 17.3. The Morgan fingerprint density at radius 1 is 1.25 bits per heavy atom. The number of hydrogen-bond donors (Lipinski definition) is 0. The van der Waals surface area contributed by atoms with Gasteiger partial charge in [0.05, 0.1) is 12.2 Å². The second-order valence-corrected chi connectivity index (χ2v) is 8.10. The number of rotatable bonds is 3. The monoisotopic (exact) mass is 349 g/mol. The number of piperazine rings is 1. The van der Waals surface area contributed by atoms with Crippen molar-refractivity contribution in [1.82, 2.24) is 19.6 Å². The van der Waals surface area contributed by atoms with E-state index in [1.165, 1.54) is 5.56 Å². The van der Waals surface area contributed by atoms with E-state index in [0.717, 1.165) is 55.7 Å². The smallest absolute Gasteiger partial charge is 0.223 e. The summed E-state index contributed by atoms with van der Waals surface area (Å²) >= 11 is 1.86. The van der Waals surface area contributed by atoms with Gasteiger partial charge in [0.25, 0.3) is 0 Å². The largest absolute Gasteiger partial charge is 0.348 e. The van der Waals surface area contributed by atoms with Crippen molar-refractivity contribution in [3.63, 3.8) is 0 Å². The van der Waals surface area contributed by atoms with Crippen LogP contribution in [0.3, 0.4) is 0 Å². The van der Waals surface area contributed by atoms with Crippen LogP contribution in [0, 0.1) is 13.8 Å². The fourth-order valence-corrected chi connectivity index (χ4v) is 4.34. The predicted molar refractivity (Wildman–Crippen MR) is 98.5 cm³/mol. The van der Waals surface area contributed by atoms with Gasteiger partial charge >= 0.3 is 0 Å². The first kappa shape index (κ1) is 17.3. The molecule has 1 atom stereocenters. The summed E-state index contributed by atoms with van der Waals surface area (Å²) in [6.45, 7) is 10.6.